The van der Waals surface area contributed by atoms with E-state index in [4.69, 9.17) is 5.73 Å². The maximum absolute atomic E-state index is 12.7. The molecule has 0 aliphatic heterocycles. The highest BCUT2D eigenvalue weighted by Crippen LogP contribution is 2.34. The Balaban J connectivity index is 1.95. The monoisotopic (exact) mass is 290 g/mol. The van der Waals surface area contributed by atoms with Gasteiger partial charge in [-0.3, -0.25) is 4.79 Å². The van der Waals surface area contributed by atoms with Crippen LogP contribution in [0.25, 0.3) is 10.3 Å². The van der Waals surface area contributed by atoms with Crippen molar-refractivity contribution in [2.45, 2.75) is 32.7 Å². The van der Waals surface area contributed by atoms with Gasteiger partial charge >= 0.3 is 0 Å². The van der Waals surface area contributed by atoms with Crippen LogP contribution in [-0.2, 0) is 0 Å². The maximum atomic E-state index is 12.7. The van der Waals surface area contributed by atoms with Crippen molar-refractivity contribution in [3.63, 3.8) is 0 Å². The van der Waals surface area contributed by atoms with E-state index < -0.39 is 0 Å². The molecule has 0 radical (unpaired) electrons. The molecule has 1 amide bonds. The van der Waals surface area contributed by atoms with Gasteiger partial charge in [0, 0.05) is 25.0 Å². The normalized spacial score (nSPS) is 14.9. The molecular formula is C14H18N4OS. The first-order chi connectivity index (χ1) is 9.58. The van der Waals surface area contributed by atoms with E-state index in [1.165, 1.54) is 24.2 Å². The minimum Gasteiger partial charge on any atom is -0.396 e. The van der Waals surface area contributed by atoms with Gasteiger partial charge in [-0.2, -0.15) is 0 Å². The predicted molar refractivity (Wildman–Crippen MR) is 80.7 cm³/mol. The summed E-state index contributed by atoms with van der Waals surface area (Å²) in [7, 11) is 0. The average molecular weight is 290 g/mol. The molecular weight excluding hydrogens is 272 g/mol. The molecule has 0 atom stereocenters. The lowest BCUT2D eigenvalue weighted by atomic mass is 10.2. The number of hydrogen-bond acceptors (Lipinski definition) is 5. The average Bonchev–Trinajstić information content (AvgIpc) is 3.19. The summed E-state index contributed by atoms with van der Waals surface area (Å²) in [6.07, 6.45) is 5.67. The molecule has 0 spiro atoms. The van der Waals surface area contributed by atoms with Gasteiger partial charge in [0.25, 0.3) is 5.91 Å². The van der Waals surface area contributed by atoms with Crippen LogP contribution in [-0.4, -0.2) is 33.4 Å². The zero-order chi connectivity index (χ0) is 14.3. The molecule has 0 unspecified atom stereocenters. The number of carbonyl (C=O) groups is 1. The minimum absolute atomic E-state index is 0.00852. The second-order valence-corrected chi connectivity index (χ2v) is 6.55. The Labute approximate surface area is 121 Å². The van der Waals surface area contributed by atoms with Crippen LogP contribution in [0.5, 0.6) is 0 Å². The molecule has 0 saturated heterocycles. The van der Waals surface area contributed by atoms with Crippen LogP contribution in [0, 0.1) is 5.92 Å². The Hall–Kier alpha value is -1.69. The molecule has 2 N–H and O–H groups in total. The van der Waals surface area contributed by atoms with Crippen LogP contribution < -0.4 is 5.73 Å². The number of anilines is 1. The molecule has 1 aliphatic rings. The Kier molecular flexibility index (Phi) is 3.33. The molecule has 6 heteroatoms. The Morgan fingerprint density at radius 1 is 1.45 bits per heavy atom. The number of hydrogen-bond donors (Lipinski definition) is 1. The molecule has 2 heterocycles. The van der Waals surface area contributed by atoms with Crippen LogP contribution >= 0.6 is 11.3 Å². The third-order valence-electron chi connectivity index (χ3n) is 3.59. The number of rotatable bonds is 4. The zero-order valence-electron chi connectivity index (χ0n) is 11.7. The molecule has 0 aromatic carbocycles. The maximum Gasteiger partial charge on any atom is 0.266 e. The lowest BCUT2D eigenvalue weighted by Crippen LogP contribution is -2.38. The number of nitrogens with two attached hydrogens (primary N) is 1. The van der Waals surface area contributed by atoms with E-state index in [1.807, 2.05) is 18.7 Å². The van der Waals surface area contributed by atoms with Crippen molar-refractivity contribution >= 4 is 33.3 Å². The van der Waals surface area contributed by atoms with Crippen LogP contribution in [0.1, 0.15) is 36.4 Å². The summed E-state index contributed by atoms with van der Waals surface area (Å²) in [5.41, 5.74) is 7.18. The molecule has 0 bridgehead atoms. The van der Waals surface area contributed by atoms with Gasteiger partial charge in [0.05, 0.1) is 5.69 Å². The fourth-order valence-corrected chi connectivity index (χ4v) is 3.22. The number of aromatic nitrogens is 2. The molecule has 2 aromatic rings. The number of nitrogen functional groups attached to an aromatic ring is 1. The van der Waals surface area contributed by atoms with Gasteiger partial charge < -0.3 is 10.6 Å². The molecule has 20 heavy (non-hydrogen) atoms. The Morgan fingerprint density at radius 2 is 2.15 bits per heavy atom. The van der Waals surface area contributed by atoms with Crippen molar-refractivity contribution in [2.24, 2.45) is 5.92 Å². The van der Waals surface area contributed by atoms with Gasteiger partial charge in [-0.15, -0.1) is 11.3 Å². The summed E-state index contributed by atoms with van der Waals surface area (Å²) in [5, 5.41) is 0. The summed E-state index contributed by atoms with van der Waals surface area (Å²) < 4.78 is 0. The molecule has 1 aliphatic carbocycles. The van der Waals surface area contributed by atoms with E-state index in [9.17, 15) is 4.79 Å². The lowest BCUT2D eigenvalue weighted by molar-refractivity contribution is 0.0702. The van der Waals surface area contributed by atoms with Gasteiger partial charge in [0.15, 0.2) is 0 Å². The van der Waals surface area contributed by atoms with E-state index in [0.29, 0.717) is 22.0 Å². The first-order valence-electron chi connectivity index (χ1n) is 6.88. The third-order valence-corrected chi connectivity index (χ3v) is 4.68. The van der Waals surface area contributed by atoms with E-state index in [0.717, 1.165) is 11.4 Å². The van der Waals surface area contributed by atoms with Crippen LogP contribution in [0.4, 0.5) is 5.69 Å². The highest BCUT2D eigenvalue weighted by Gasteiger charge is 2.30. The zero-order valence-corrected chi connectivity index (χ0v) is 12.5. The fourth-order valence-electron chi connectivity index (χ4n) is 2.24. The van der Waals surface area contributed by atoms with E-state index >= 15 is 0 Å². The van der Waals surface area contributed by atoms with Crippen LogP contribution in [0.3, 0.4) is 0 Å². The summed E-state index contributed by atoms with van der Waals surface area (Å²) >= 11 is 1.34. The highest BCUT2D eigenvalue weighted by atomic mass is 32.1. The topological polar surface area (TPSA) is 72.1 Å². The third kappa shape index (κ3) is 2.35. The second-order valence-electron chi connectivity index (χ2n) is 5.55. The second kappa shape index (κ2) is 5.01. The number of carbonyl (C=O) groups excluding carboxylic acids is 1. The van der Waals surface area contributed by atoms with Crippen molar-refractivity contribution in [1.82, 2.24) is 14.9 Å². The van der Waals surface area contributed by atoms with Gasteiger partial charge in [-0.25, -0.2) is 9.97 Å². The van der Waals surface area contributed by atoms with Crippen LogP contribution in [0.2, 0.25) is 0 Å². The van der Waals surface area contributed by atoms with E-state index in [1.54, 1.807) is 12.4 Å². The number of fused-ring (bicyclic) bond motifs is 1. The first-order valence-corrected chi connectivity index (χ1v) is 7.69. The van der Waals surface area contributed by atoms with Gasteiger partial charge in [-0.1, -0.05) is 0 Å². The number of nitrogens with zero attached hydrogens (tertiary/aromatic N) is 3. The summed E-state index contributed by atoms with van der Waals surface area (Å²) in [4.78, 5) is 24.4. The Morgan fingerprint density at radius 3 is 2.75 bits per heavy atom. The van der Waals surface area contributed by atoms with Crippen molar-refractivity contribution in [3.05, 3.63) is 17.3 Å². The first kappa shape index (κ1) is 13.3. The van der Waals surface area contributed by atoms with E-state index in [2.05, 4.69) is 9.97 Å². The highest BCUT2D eigenvalue weighted by molar-refractivity contribution is 7.21. The van der Waals surface area contributed by atoms with Crippen LogP contribution in [0.15, 0.2) is 12.4 Å². The standard InChI is InChI=1S/C14H18N4OS/c1-8(2)18(7-9-3-4-9)14(19)12-10(15)11-13(20-12)17-6-5-16-11/h5-6,8-9H,3-4,7,15H2,1-2H3. The number of thiophene rings is 1. The minimum atomic E-state index is 0.00852. The molecule has 1 saturated carbocycles. The fraction of sp³-hybridized carbons (Fsp3) is 0.500. The summed E-state index contributed by atoms with van der Waals surface area (Å²) in [5.74, 6) is 0.669. The molecule has 106 valence electrons. The van der Waals surface area contributed by atoms with Gasteiger partial charge in [0.1, 0.15) is 15.2 Å². The van der Waals surface area contributed by atoms with Crippen molar-refractivity contribution in [3.8, 4) is 0 Å². The quantitative estimate of drug-likeness (QED) is 0.939. The van der Waals surface area contributed by atoms with E-state index in [-0.39, 0.29) is 11.9 Å². The Bertz CT molecular complexity index is 648. The number of amides is 1. The predicted octanol–water partition coefficient (Wildman–Crippen LogP) is 2.53. The summed E-state index contributed by atoms with van der Waals surface area (Å²) in [6, 6.07) is 0.175. The largest absolute Gasteiger partial charge is 0.396 e. The van der Waals surface area contributed by atoms with Crippen molar-refractivity contribution in [1.29, 1.82) is 0 Å². The molecule has 1 fully saturated rings. The molecule has 5 nitrogen and oxygen atoms in total. The molecule has 2 aromatic heterocycles. The lowest BCUT2D eigenvalue weighted by Gasteiger charge is -2.26. The smallest absolute Gasteiger partial charge is 0.266 e. The SMILES string of the molecule is CC(C)N(CC1CC1)C(=O)c1sc2nccnc2c1N. The van der Waals surface area contributed by atoms with Gasteiger partial charge in [-0.05, 0) is 32.6 Å². The van der Waals surface area contributed by atoms with Crippen molar-refractivity contribution < 1.29 is 4.79 Å². The van der Waals surface area contributed by atoms with Crippen molar-refractivity contribution in [2.75, 3.05) is 12.3 Å². The molecule has 3 rings (SSSR count). The van der Waals surface area contributed by atoms with Gasteiger partial charge in [0.2, 0.25) is 0 Å². The summed E-state index contributed by atoms with van der Waals surface area (Å²) in [6.45, 7) is 4.91.